The first kappa shape index (κ1) is 31.9. The van der Waals surface area contributed by atoms with Gasteiger partial charge in [-0.15, -0.1) is 0 Å². The SMILES string of the molecule is CC(=O)N1CCN(c2nc(NC3COC3)cc(C(=O)CC[C@H](O)CN3CCc4c(ccc(OCc5ocnc5C)c4C)C3)n2)CC1. The van der Waals surface area contributed by atoms with Crippen LogP contribution in [0.25, 0.3) is 0 Å². The average molecular weight is 634 g/mol. The summed E-state index contributed by atoms with van der Waals surface area (Å²) in [5.74, 6) is 2.54. The van der Waals surface area contributed by atoms with E-state index in [1.165, 1.54) is 17.5 Å². The van der Waals surface area contributed by atoms with E-state index in [1.54, 1.807) is 17.9 Å². The van der Waals surface area contributed by atoms with Gasteiger partial charge in [0, 0.05) is 65.2 Å². The molecule has 1 amide bonds. The van der Waals surface area contributed by atoms with E-state index in [-0.39, 0.29) is 24.2 Å². The number of nitrogens with zero attached hydrogens (tertiary/aromatic N) is 6. The zero-order valence-corrected chi connectivity index (χ0v) is 26.8. The Hall–Kier alpha value is -4.07. The molecule has 2 aromatic heterocycles. The van der Waals surface area contributed by atoms with Crippen molar-refractivity contribution in [2.45, 2.75) is 65.3 Å². The Morgan fingerprint density at radius 3 is 2.63 bits per heavy atom. The lowest BCUT2D eigenvalue weighted by molar-refractivity contribution is -0.129. The number of hydrogen-bond donors (Lipinski definition) is 2. The Kier molecular flexibility index (Phi) is 9.81. The number of oxazole rings is 1. The fourth-order valence-electron chi connectivity index (χ4n) is 6.16. The highest BCUT2D eigenvalue weighted by atomic mass is 16.5. The quantitative estimate of drug-likeness (QED) is 0.283. The topological polar surface area (TPSA) is 146 Å². The molecule has 2 saturated heterocycles. The molecule has 0 bridgehead atoms. The zero-order valence-electron chi connectivity index (χ0n) is 26.8. The van der Waals surface area contributed by atoms with Crippen molar-refractivity contribution in [3.63, 3.8) is 0 Å². The molecule has 13 nitrogen and oxygen atoms in total. The molecule has 1 aromatic carbocycles. The van der Waals surface area contributed by atoms with Gasteiger partial charge >= 0.3 is 0 Å². The van der Waals surface area contributed by atoms with E-state index in [0.717, 1.165) is 42.3 Å². The van der Waals surface area contributed by atoms with Crippen LogP contribution in [0.3, 0.4) is 0 Å². The van der Waals surface area contributed by atoms with Crippen molar-refractivity contribution >= 4 is 23.5 Å². The monoisotopic (exact) mass is 633 g/mol. The highest BCUT2D eigenvalue weighted by molar-refractivity contribution is 5.95. The first-order valence-electron chi connectivity index (χ1n) is 16.0. The second kappa shape index (κ2) is 14.1. The molecule has 0 aliphatic carbocycles. The number of anilines is 2. The first-order chi connectivity index (χ1) is 22.2. The van der Waals surface area contributed by atoms with E-state index >= 15 is 0 Å². The molecule has 3 aromatic rings. The minimum Gasteiger partial charge on any atom is -0.485 e. The van der Waals surface area contributed by atoms with Gasteiger partial charge in [-0.3, -0.25) is 14.5 Å². The minimum atomic E-state index is -0.648. The number of rotatable bonds is 12. The number of amides is 1. The molecule has 0 spiro atoms. The van der Waals surface area contributed by atoms with Gasteiger partial charge in [-0.1, -0.05) is 6.07 Å². The van der Waals surface area contributed by atoms with Crippen LogP contribution in [0.2, 0.25) is 0 Å². The average Bonchev–Trinajstić information content (AvgIpc) is 3.45. The van der Waals surface area contributed by atoms with Crippen LogP contribution in [0.15, 0.2) is 29.0 Å². The second-order valence-electron chi connectivity index (χ2n) is 12.4. The Morgan fingerprint density at radius 1 is 1.13 bits per heavy atom. The van der Waals surface area contributed by atoms with E-state index in [4.69, 9.17) is 13.9 Å². The Morgan fingerprint density at radius 2 is 1.93 bits per heavy atom. The van der Waals surface area contributed by atoms with Crippen LogP contribution in [0, 0.1) is 13.8 Å². The lowest BCUT2D eigenvalue weighted by Gasteiger charge is -2.34. The summed E-state index contributed by atoms with van der Waals surface area (Å²) in [7, 11) is 0. The highest BCUT2D eigenvalue weighted by Crippen LogP contribution is 2.30. The smallest absolute Gasteiger partial charge is 0.228 e. The van der Waals surface area contributed by atoms with Gasteiger partial charge in [0.15, 0.2) is 17.9 Å². The molecule has 1 atom stereocenters. The Bertz CT molecular complexity index is 1550. The molecule has 246 valence electrons. The van der Waals surface area contributed by atoms with Gasteiger partial charge in [0.05, 0.1) is 31.1 Å². The van der Waals surface area contributed by atoms with Gasteiger partial charge in [-0.05, 0) is 49.4 Å². The molecule has 0 saturated carbocycles. The van der Waals surface area contributed by atoms with E-state index in [9.17, 15) is 14.7 Å². The molecule has 3 aliphatic rings. The summed E-state index contributed by atoms with van der Waals surface area (Å²) in [6, 6.07) is 5.93. The molecule has 0 radical (unpaired) electrons. The standard InChI is InChI=1S/C33H43N7O6/c1-21-27-8-9-38(15-24(27)4-7-30(21)45-19-31-22(2)34-20-46-31)16-26(42)5-6-29(43)28-14-32(35-25-17-44-18-25)37-33(36-28)40-12-10-39(11-13-40)23(3)41/h4,7,14,20,25-26,42H,5-6,8-13,15-19H2,1-3H3,(H,35,36,37)/t26-/m0/s1. The summed E-state index contributed by atoms with van der Waals surface area (Å²) in [5.41, 5.74) is 4.80. The number of carbonyl (C=O) groups excluding carboxylic acids is 2. The number of aliphatic hydroxyl groups excluding tert-OH is 1. The third-order valence-electron chi connectivity index (χ3n) is 9.09. The molecule has 13 heteroatoms. The number of ketones is 1. The predicted molar refractivity (Wildman–Crippen MR) is 170 cm³/mol. The number of nitrogens with one attached hydrogen (secondary N) is 1. The minimum absolute atomic E-state index is 0.0493. The molecule has 5 heterocycles. The van der Waals surface area contributed by atoms with Gasteiger partial charge < -0.3 is 34.1 Å². The molecule has 3 aliphatic heterocycles. The normalized spacial score (nSPS) is 17.7. The summed E-state index contributed by atoms with van der Waals surface area (Å²) >= 11 is 0. The van der Waals surface area contributed by atoms with Crippen molar-refractivity contribution < 1.29 is 28.6 Å². The lowest BCUT2D eigenvalue weighted by atomic mass is 9.94. The number of aliphatic hydroxyl groups is 1. The number of benzene rings is 1. The summed E-state index contributed by atoms with van der Waals surface area (Å²) in [5, 5.41) is 14.3. The number of fused-ring (bicyclic) bond motifs is 1. The number of aryl methyl sites for hydroxylation is 1. The highest BCUT2D eigenvalue weighted by Gasteiger charge is 2.26. The number of aromatic nitrogens is 3. The van der Waals surface area contributed by atoms with Gasteiger partial charge in [0.1, 0.15) is 23.9 Å². The lowest BCUT2D eigenvalue weighted by Crippen LogP contribution is -2.48. The number of β-amino-alcohol motifs (C(OH)–C–C–N with tert-alkyl or cyclic N) is 1. The molecular formula is C33H43N7O6. The Balaban J connectivity index is 1.03. The van der Waals surface area contributed by atoms with E-state index < -0.39 is 6.10 Å². The van der Waals surface area contributed by atoms with Crippen molar-refractivity contribution in [3.05, 3.63) is 58.4 Å². The van der Waals surface area contributed by atoms with Crippen molar-refractivity contribution in [2.75, 3.05) is 62.7 Å². The van der Waals surface area contributed by atoms with Crippen LogP contribution >= 0.6 is 0 Å². The molecule has 2 fully saturated rings. The maximum Gasteiger partial charge on any atom is 0.228 e. The number of piperazine rings is 1. The second-order valence-corrected chi connectivity index (χ2v) is 12.4. The summed E-state index contributed by atoms with van der Waals surface area (Å²) < 4.78 is 16.7. The number of hydrogen-bond acceptors (Lipinski definition) is 12. The van der Waals surface area contributed by atoms with Crippen molar-refractivity contribution in [1.29, 1.82) is 0 Å². The van der Waals surface area contributed by atoms with Crippen LogP contribution in [-0.2, 0) is 29.1 Å². The van der Waals surface area contributed by atoms with Crippen LogP contribution in [0.1, 0.15) is 58.4 Å². The Labute approximate surface area is 268 Å². The fourth-order valence-corrected chi connectivity index (χ4v) is 6.16. The van der Waals surface area contributed by atoms with Crippen molar-refractivity contribution in [1.82, 2.24) is 24.8 Å². The van der Waals surface area contributed by atoms with E-state index in [2.05, 4.69) is 38.2 Å². The molecule has 2 N–H and O–H groups in total. The summed E-state index contributed by atoms with van der Waals surface area (Å²) in [6.07, 6.45) is 2.16. The van der Waals surface area contributed by atoms with Crippen molar-refractivity contribution in [3.8, 4) is 5.75 Å². The van der Waals surface area contributed by atoms with Gasteiger partial charge in [0.25, 0.3) is 0 Å². The van der Waals surface area contributed by atoms with Crippen LogP contribution in [0.5, 0.6) is 5.75 Å². The van der Waals surface area contributed by atoms with E-state index in [0.29, 0.717) is 76.4 Å². The molecular weight excluding hydrogens is 590 g/mol. The molecule has 46 heavy (non-hydrogen) atoms. The van der Waals surface area contributed by atoms with Gasteiger partial charge in [-0.25, -0.2) is 9.97 Å². The number of ether oxygens (including phenoxy) is 2. The van der Waals surface area contributed by atoms with Crippen LogP contribution in [0.4, 0.5) is 11.8 Å². The molecule has 0 unspecified atom stereocenters. The van der Waals surface area contributed by atoms with Crippen molar-refractivity contribution in [2.24, 2.45) is 0 Å². The van der Waals surface area contributed by atoms with E-state index in [1.807, 2.05) is 17.9 Å². The number of carbonyl (C=O) groups is 2. The molecule has 6 rings (SSSR count). The zero-order chi connectivity index (χ0) is 32.2. The fraction of sp³-hybridized carbons (Fsp3) is 0.545. The maximum atomic E-state index is 13.4. The van der Waals surface area contributed by atoms with Crippen LogP contribution in [-0.4, -0.2) is 106 Å². The van der Waals surface area contributed by atoms with Crippen LogP contribution < -0.4 is 15.0 Å². The summed E-state index contributed by atoms with van der Waals surface area (Å²) in [6.45, 7) is 11.5. The largest absolute Gasteiger partial charge is 0.485 e. The van der Waals surface area contributed by atoms with Gasteiger partial charge in [-0.2, -0.15) is 4.98 Å². The summed E-state index contributed by atoms with van der Waals surface area (Å²) in [4.78, 5) is 44.6. The third-order valence-corrected chi connectivity index (χ3v) is 9.09. The third kappa shape index (κ3) is 7.48. The maximum absolute atomic E-state index is 13.4. The first-order valence-corrected chi connectivity index (χ1v) is 16.0. The predicted octanol–water partition coefficient (Wildman–Crippen LogP) is 2.52. The number of Topliss-reactive ketones (excluding diaryl/α,β-unsaturated/α-hetero) is 1. The van der Waals surface area contributed by atoms with Gasteiger partial charge in [0.2, 0.25) is 11.9 Å².